The smallest absolute Gasteiger partial charge is 0.254 e. The lowest BCUT2D eigenvalue weighted by atomic mass is 10.0. The van der Waals surface area contributed by atoms with Gasteiger partial charge in [0.15, 0.2) is 5.17 Å². The van der Waals surface area contributed by atoms with Crippen LogP contribution in [0.3, 0.4) is 0 Å². The van der Waals surface area contributed by atoms with Gasteiger partial charge < -0.3 is 10.6 Å². The second-order valence-electron chi connectivity index (χ2n) is 6.64. The van der Waals surface area contributed by atoms with Gasteiger partial charge in [-0.05, 0) is 31.9 Å². The van der Waals surface area contributed by atoms with Crippen molar-refractivity contribution in [2.75, 3.05) is 0 Å². The number of amides is 2. The Morgan fingerprint density at radius 1 is 1.38 bits per heavy atom. The van der Waals surface area contributed by atoms with Gasteiger partial charge in [0.05, 0.1) is 28.7 Å². The first-order valence-electron chi connectivity index (χ1n) is 8.81. The van der Waals surface area contributed by atoms with Gasteiger partial charge in [-0.15, -0.1) is 12.6 Å². The van der Waals surface area contributed by atoms with Crippen LogP contribution in [0.5, 0.6) is 0 Å². The second-order valence-corrected chi connectivity index (χ2v) is 7.47. The summed E-state index contributed by atoms with van der Waals surface area (Å²) in [7, 11) is 0. The average molecular weight is 436 g/mol. The maximum absolute atomic E-state index is 14.2. The molecule has 0 bridgehead atoms. The number of aromatic nitrogens is 2. The number of carbonyl (C=O) groups is 2. The molecule has 0 aliphatic heterocycles. The van der Waals surface area contributed by atoms with Gasteiger partial charge in [0.1, 0.15) is 5.82 Å². The van der Waals surface area contributed by atoms with Crippen LogP contribution in [0.2, 0.25) is 5.02 Å². The number of hydrogen-bond acceptors (Lipinski definition) is 4. The molecule has 7 nitrogen and oxygen atoms in total. The molecule has 1 saturated carbocycles. The van der Waals surface area contributed by atoms with Crippen LogP contribution < -0.4 is 10.6 Å². The number of benzene rings is 1. The highest BCUT2D eigenvalue weighted by Crippen LogP contribution is 2.31. The molecule has 0 unspecified atom stereocenters. The van der Waals surface area contributed by atoms with Crippen molar-refractivity contribution in [2.24, 2.45) is 4.99 Å². The molecule has 1 aliphatic carbocycles. The molecule has 10 heteroatoms. The van der Waals surface area contributed by atoms with E-state index in [1.54, 1.807) is 19.3 Å². The zero-order chi connectivity index (χ0) is 21.1. The molecule has 1 heterocycles. The summed E-state index contributed by atoms with van der Waals surface area (Å²) in [5.74, 6) is -1.41. The maximum atomic E-state index is 14.2. The lowest BCUT2D eigenvalue weighted by Gasteiger charge is -2.08. The molecule has 0 spiro atoms. The molecule has 3 rings (SSSR count). The van der Waals surface area contributed by atoms with Crippen LogP contribution in [-0.4, -0.2) is 32.8 Å². The Morgan fingerprint density at radius 3 is 2.76 bits per heavy atom. The number of thiol groups is 1. The third-order valence-electron chi connectivity index (χ3n) is 4.13. The van der Waals surface area contributed by atoms with Crippen molar-refractivity contribution in [3.63, 3.8) is 0 Å². The van der Waals surface area contributed by atoms with E-state index in [0.29, 0.717) is 16.8 Å². The normalized spacial score (nSPS) is 14.7. The molecule has 0 atom stereocenters. The Morgan fingerprint density at radius 2 is 2.10 bits per heavy atom. The second kappa shape index (κ2) is 8.79. The Hall–Kier alpha value is -2.65. The fourth-order valence-electron chi connectivity index (χ4n) is 2.49. The van der Waals surface area contributed by atoms with Crippen molar-refractivity contribution in [3.8, 4) is 11.1 Å². The molecule has 1 aromatic heterocycles. The van der Waals surface area contributed by atoms with E-state index < -0.39 is 11.7 Å². The van der Waals surface area contributed by atoms with E-state index in [1.807, 2.05) is 0 Å². The molecule has 2 amide bonds. The first kappa shape index (κ1) is 21.1. The highest BCUT2D eigenvalue weighted by molar-refractivity contribution is 7.96. The van der Waals surface area contributed by atoms with Crippen molar-refractivity contribution in [1.82, 2.24) is 20.4 Å². The summed E-state index contributed by atoms with van der Waals surface area (Å²) in [6, 6.07) is 2.67. The van der Waals surface area contributed by atoms with Crippen molar-refractivity contribution in [3.05, 3.63) is 47.1 Å². The molecule has 152 valence electrons. The zero-order valence-corrected chi connectivity index (χ0v) is 17.4. The Kier molecular flexibility index (Phi) is 6.39. The number of carbonyl (C=O) groups excluding carboxylic acids is 2. The molecule has 2 N–H and O–H groups in total. The summed E-state index contributed by atoms with van der Waals surface area (Å²) in [4.78, 5) is 27.3. The standard InChI is InChI=1S/C19H19ClFN5O2S/c1-10(7-22-19(29)24-11(2)27)26-9-12(8-23-26)14-5-15(17(21)6-16(14)20)18(28)25-13-3-4-13/h5-9,13H,3-4H2,1-2H3,(H,25,28)(H2,22,24,27,29)/b10-7+. The highest BCUT2D eigenvalue weighted by Gasteiger charge is 2.26. The van der Waals surface area contributed by atoms with Crippen LogP contribution >= 0.6 is 24.2 Å². The monoisotopic (exact) mass is 435 g/mol. The average Bonchev–Trinajstić information content (AvgIpc) is 3.31. The van der Waals surface area contributed by atoms with Crippen LogP contribution in [0, 0.1) is 5.82 Å². The van der Waals surface area contributed by atoms with Gasteiger partial charge in [0.2, 0.25) is 5.91 Å². The van der Waals surface area contributed by atoms with Gasteiger partial charge in [-0.3, -0.25) is 9.59 Å². The number of aliphatic imine (C=N–C) groups is 1. The topological polar surface area (TPSA) is 88.4 Å². The van der Waals surface area contributed by atoms with Crippen LogP contribution in [0.15, 0.2) is 35.7 Å². The summed E-state index contributed by atoms with van der Waals surface area (Å²) < 4.78 is 15.8. The third kappa shape index (κ3) is 5.45. The minimum absolute atomic E-state index is 0.0593. The molecule has 29 heavy (non-hydrogen) atoms. The number of amidine groups is 1. The summed E-state index contributed by atoms with van der Waals surface area (Å²) in [6.07, 6.45) is 6.53. The summed E-state index contributed by atoms with van der Waals surface area (Å²) in [5.41, 5.74) is 1.68. The summed E-state index contributed by atoms with van der Waals surface area (Å²) >= 11 is 10.3. The number of nitrogens with zero attached hydrogens (tertiary/aromatic N) is 3. The number of hydrogen-bond donors (Lipinski definition) is 3. The molecule has 1 aromatic carbocycles. The van der Waals surface area contributed by atoms with E-state index in [9.17, 15) is 14.0 Å². The molecule has 1 fully saturated rings. The number of nitrogens with one attached hydrogen (secondary N) is 2. The predicted molar refractivity (Wildman–Crippen MR) is 113 cm³/mol. The first-order chi connectivity index (χ1) is 13.7. The van der Waals surface area contributed by atoms with Crippen LogP contribution in [0.1, 0.15) is 37.0 Å². The Bertz CT molecular complexity index is 1030. The van der Waals surface area contributed by atoms with E-state index in [2.05, 4.69) is 33.4 Å². The minimum atomic E-state index is -0.672. The van der Waals surface area contributed by atoms with E-state index in [1.165, 1.54) is 23.9 Å². The van der Waals surface area contributed by atoms with E-state index in [-0.39, 0.29) is 27.7 Å². The van der Waals surface area contributed by atoms with Gasteiger partial charge in [0, 0.05) is 30.3 Å². The molecule has 0 radical (unpaired) electrons. The van der Waals surface area contributed by atoms with Crippen molar-refractivity contribution in [2.45, 2.75) is 32.7 Å². The van der Waals surface area contributed by atoms with Gasteiger partial charge in [0.25, 0.3) is 5.91 Å². The maximum Gasteiger partial charge on any atom is 0.254 e. The molecule has 0 saturated heterocycles. The largest absolute Gasteiger partial charge is 0.349 e. The van der Waals surface area contributed by atoms with Gasteiger partial charge in [-0.25, -0.2) is 14.1 Å². The molecule has 2 aromatic rings. The number of rotatable bonds is 5. The molecular weight excluding hydrogens is 417 g/mol. The van der Waals surface area contributed by atoms with Crippen molar-refractivity contribution < 1.29 is 14.0 Å². The zero-order valence-electron chi connectivity index (χ0n) is 15.7. The summed E-state index contributed by atoms with van der Waals surface area (Å²) in [5, 5.41) is 9.77. The van der Waals surface area contributed by atoms with Crippen LogP contribution in [-0.2, 0) is 4.79 Å². The predicted octanol–water partition coefficient (Wildman–Crippen LogP) is 3.48. The highest BCUT2D eigenvalue weighted by atomic mass is 35.5. The molecule has 1 aliphatic rings. The fourth-order valence-corrected chi connectivity index (χ4v) is 2.97. The first-order valence-corrected chi connectivity index (χ1v) is 9.63. The van der Waals surface area contributed by atoms with Crippen molar-refractivity contribution in [1.29, 1.82) is 0 Å². The Labute approximate surface area is 177 Å². The summed E-state index contributed by atoms with van der Waals surface area (Å²) in [6.45, 7) is 3.11. The van der Waals surface area contributed by atoms with Crippen molar-refractivity contribution >= 4 is 46.9 Å². The minimum Gasteiger partial charge on any atom is -0.349 e. The van der Waals surface area contributed by atoms with Crippen LogP contribution in [0.25, 0.3) is 16.8 Å². The van der Waals surface area contributed by atoms with E-state index in [0.717, 1.165) is 18.9 Å². The van der Waals surface area contributed by atoms with Crippen LogP contribution in [0.4, 0.5) is 4.39 Å². The van der Waals surface area contributed by atoms with Gasteiger partial charge in [-0.1, -0.05) is 11.6 Å². The SMILES string of the molecule is CC(=O)N/C(S)=N/C=C(\C)n1cc(-c2cc(C(=O)NC3CC3)c(F)cc2Cl)cn1. The third-order valence-corrected chi connectivity index (χ3v) is 4.67. The Balaban J connectivity index is 1.85. The van der Waals surface area contributed by atoms with E-state index in [4.69, 9.17) is 11.6 Å². The lowest BCUT2D eigenvalue weighted by Crippen LogP contribution is -2.26. The quantitative estimate of drug-likeness (QED) is 0.381. The van der Waals surface area contributed by atoms with Gasteiger partial charge >= 0.3 is 0 Å². The molecular formula is C19H19ClFN5O2S. The number of allylic oxidation sites excluding steroid dienone is 1. The number of halogens is 2. The van der Waals surface area contributed by atoms with Gasteiger partial charge in [-0.2, -0.15) is 5.10 Å². The fraction of sp³-hybridized carbons (Fsp3) is 0.263. The van der Waals surface area contributed by atoms with E-state index >= 15 is 0 Å². The lowest BCUT2D eigenvalue weighted by molar-refractivity contribution is -0.117.